The zero-order valence-electron chi connectivity index (χ0n) is 17.4. The van der Waals surface area contributed by atoms with Gasteiger partial charge in [0.15, 0.2) is 5.84 Å². The second-order valence-electron chi connectivity index (χ2n) is 6.85. The number of anilines is 1. The number of hydrogen-bond acceptors (Lipinski definition) is 6. The third kappa shape index (κ3) is 3.93. The number of rotatable bonds is 6. The van der Waals surface area contributed by atoms with E-state index in [4.69, 9.17) is 9.47 Å². The van der Waals surface area contributed by atoms with Crippen molar-refractivity contribution in [2.75, 3.05) is 19.1 Å². The van der Waals surface area contributed by atoms with Crippen LogP contribution < -0.4 is 14.4 Å². The Labute approximate surface area is 184 Å². The number of carbonyl (C=O) groups excluding carboxylic acids is 1. The first-order valence-corrected chi connectivity index (χ1v) is 9.68. The molecule has 1 amide bonds. The Morgan fingerprint density at radius 3 is 2.25 bits per heavy atom. The van der Waals surface area contributed by atoms with Crippen molar-refractivity contribution >= 4 is 29.2 Å². The fourth-order valence-electron chi connectivity index (χ4n) is 3.35. The van der Waals surface area contributed by atoms with Gasteiger partial charge in [-0.25, -0.2) is 4.99 Å². The summed E-state index contributed by atoms with van der Waals surface area (Å²) in [4.78, 5) is 29.9. The summed E-state index contributed by atoms with van der Waals surface area (Å²) in [6.07, 6.45) is 1.60. The van der Waals surface area contributed by atoms with E-state index in [9.17, 15) is 14.9 Å². The summed E-state index contributed by atoms with van der Waals surface area (Å²) in [5.41, 5.74) is 2.08. The van der Waals surface area contributed by atoms with Gasteiger partial charge in [-0.05, 0) is 60.2 Å². The number of amides is 1. The molecule has 1 heterocycles. The molecule has 1 aliphatic heterocycles. The first-order chi connectivity index (χ1) is 15.5. The quantitative estimate of drug-likeness (QED) is 0.328. The summed E-state index contributed by atoms with van der Waals surface area (Å²) in [6.45, 7) is 0. The molecule has 0 aliphatic carbocycles. The number of non-ortho nitro benzene ring substituents is 1. The van der Waals surface area contributed by atoms with Crippen molar-refractivity contribution in [1.29, 1.82) is 0 Å². The highest BCUT2D eigenvalue weighted by Gasteiger charge is 2.33. The number of hydrogen-bond donors (Lipinski definition) is 0. The molecule has 0 N–H and O–H groups in total. The Bertz CT molecular complexity index is 1230. The Hall–Kier alpha value is -4.46. The van der Waals surface area contributed by atoms with Crippen LogP contribution in [0.15, 0.2) is 83.5 Å². The standard InChI is InChI=1S/C24H19N3O5/c1-31-19-13-11-17(12-14-19)26-23(20-5-3-4-6-22(20)32-2)25-21(24(26)28)15-16-7-9-18(10-8-16)27(29)30/h3-15H,1-2H3/b21-15+. The first kappa shape index (κ1) is 20.8. The summed E-state index contributed by atoms with van der Waals surface area (Å²) < 4.78 is 10.7. The van der Waals surface area contributed by atoms with Crippen LogP contribution in [0.2, 0.25) is 0 Å². The smallest absolute Gasteiger partial charge is 0.282 e. The molecule has 8 heteroatoms. The van der Waals surface area contributed by atoms with Gasteiger partial charge in [0.05, 0.1) is 30.4 Å². The fourth-order valence-corrected chi connectivity index (χ4v) is 3.35. The minimum atomic E-state index is -0.471. The van der Waals surface area contributed by atoms with Gasteiger partial charge in [-0.2, -0.15) is 0 Å². The number of nitrogens with zero attached hydrogens (tertiary/aromatic N) is 3. The third-order valence-electron chi connectivity index (χ3n) is 4.95. The van der Waals surface area contributed by atoms with E-state index in [0.29, 0.717) is 34.1 Å². The predicted molar refractivity (Wildman–Crippen MR) is 121 cm³/mol. The van der Waals surface area contributed by atoms with Gasteiger partial charge in [0.2, 0.25) is 0 Å². The molecule has 0 saturated heterocycles. The summed E-state index contributed by atoms with van der Waals surface area (Å²) in [6, 6.07) is 20.3. The molecule has 3 aromatic rings. The molecule has 32 heavy (non-hydrogen) atoms. The van der Waals surface area contributed by atoms with E-state index in [1.165, 1.54) is 17.0 Å². The van der Waals surface area contributed by atoms with Crippen LogP contribution in [0.4, 0.5) is 11.4 Å². The van der Waals surface area contributed by atoms with E-state index in [2.05, 4.69) is 4.99 Å². The molecule has 0 bridgehead atoms. The summed E-state index contributed by atoms with van der Waals surface area (Å²) in [5, 5.41) is 10.9. The highest BCUT2D eigenvalue weighted by atomic mass is 16.6. The summed E-state index contributed by atoms with van der Waals surface area (Å²) >= 11 is 0. The number of carbonyl (C=O) groups is 1. The second kappa shape index (κ2) is 8.73. The number of aliphatic imine (C=N–C) groups is 1. The molecular weight excluding hydrogens is 410 g/mol. The number of para-hydroxylation sites is 1. The van der Waals surface area contributed by atoms with Crippen LogP contribution in [0.5, 0.6) is 11.5 Å². The van der Waals surface area contributed by atoms with Crippen LogP contribution in [-0.4, -0.2) is 30.9 Å². The normalized spacial score (nSPS) is 14.4. The van der Waals surface area contributed by atoms with Crippen molar-refractivity contribution in [3.05, 3.63) is 99.7 Å². The SMILES string of the molecule is COc1ccc(N2C(=O)/C(=C\c3ccc([N+](=O)[O-])cc3)N=C2c2ccccc2OC)cc1. The van der Waals surface area contributed by atoms with E-state index in [-0.39, 0.29) is 17.3 Å². The van der Waals surface area contributed by atoms with Crippen molar-refractivity contribution in [1.82, 2.24) is 0 Å². The molecule has 160 valence electrons. The van der Waals surface area contributed by atoms with Crippen LogP contribution in [0.3, 0.4) is 0 Å². The molecule has 0 fully saturated rings. The number of methoxy groups -OCH3 is 2. The van der Waals surface area contributed by atoms with Crippen molar-refractivity contribution < 1.29 is 19.2 Å². The lowest BCUT2D eigenvalue weighted by Gasteiger charge is -2.20. The minimum absolute atomic E-state index is 0.0250. The average Bonchev–Trinajstić information content (AvgIpc) is 3.15. The topological polar surface area (TPSA) is 94.3 Å². The lowest BCUT2D eigenvalue weighted by molar-refractivity contribution is -0.384. The van der Waals surface area contributed by atoms with Gasteiger partial charge in [-0.3, -0.25) is 19.8 Å². The van der Waals surface area contributed by atoms with E-state index < -0.39 is 4.92 Å². The largest absolute Gasteiger partial charge is 0.497 e. The highest BCUT2D eigenvalue weighted by Crippen LogP contribution is 2.32. The first-order valence-electron chi connectivity index (χ1n) is 9.68. The molecule has 0 aromatic heterocycles. The molecule has 0 atom stereocenters. The Kier molecular flexibility index (Phi) is 5.67. The van der Waals surface area contributed by atoms with Gasteiger partial charge in [0.25, 0.3) is 11.6 Å². The van der Waals surface area contributed by atoms with Gasteiger partial charge in [-0.15, -0.1) is 0 Å². The Balaban J connectivity index is 1.81. The van der Waals surface area contributed by atoms with Crippen LogP contribution >= 0.6 is 0 Å². The Morgan fingerprint density at radius 2 is 1.62 bits per heavy atom. The van der Waals surface area contributed by atoms with E-state index in [1.807, 2.05) is 18.2 Å². The fraction of sp³-hybridized carbons (Fsp3) is 0.0833. The second-order valence-corrected chi connectivity index (χ2v) is 6.85. The highest BCUT2D eigenvalue weighted by molar-refractivity contribution is 6.33. The Morgan fingerprint density at radius 1 is 0.938 bits per heavy atom. The molecule has 0 radical (unpaired) electrons. The zero-order valence-corrected chi connectivity index (χ0v) is 17.4. The van der Waals surface area contributed by atoms with Gasteiger partial charge in [-0.1, -0.05) is 12.1 Å². The zero-order chi connectivity index (χ0) is 22.7. The van der Waals surface area contributed by atoms with E-state index in [1.54, 1.807) is 62.8 Å². The molecule has 0 spiro atoms. The monoisotopic (exact) mass is 429 g/mol. The summed E-state index contributed by atoms with van der Waals surface area (Å²) in [5.74, 6) is 1.34. The van der Waals surface area contributed by atoms with Gasteiger partial charge >= 0.3 is 0 Å². The molecule has 8 nitrogen and oxygen atoms in total. The van der Waals surface area contributed by atoms with Crippen molar-refractivity contribution in [2.45, 2.75) is 0 Å². The molecule has 0 saturated carbocycles. The maximum absolute atomic E-state index is 13.4. The lowest BCUT2D eigenvalue weighted by Crippen LogP contribution is -2.32. The average molecular weight is 429 g/mol. The van der Waals surface area contributed by atoms with E-state index in [0.717, 1.165) is 0 Å². The molecule has 1 aliphatic rings. The van der Waals surface area contributed by atoms with Crippen LogP contribution in [0, 0.1) is 10.1 Å². The molecule has 0 unspecified atom stereocenters. The molecular formula is C24H19N3O5. The third-order valence-corrected chi connectivity index (χ3v) is 4.95. The van der Waals surface area contributed by atoms with Crippen molar-refractivity contribution in [3.63, 3.8) is 0 Å². The van der Waals surface area contributed by atoms with Crippen molar-refractivity contribution in [3.8, 4) is 11.5 Å². The van der Waals surface area contributed by atoms with Crippen molar-refractivity contribution in [2.24, 2.45) is 4.99 Å². The maximum Gasteiger partial charge on any atom is 0.282 e. The van der Waals surface area contributed by atoms with Crippen LogP contribution in [0.1, 0.15) is 11.1 Å². The minimum Gasteiger partial charge on any atom is -0.497 e. The number of benzene rings is 3. The maximum atomic E-state index is 13.4. The van der Waals surface area contributed by atoms with Gasteiger partial charge < -0.3 is 9.47 Å². The van der Waals surface area contributed by atoms with Crippen LogP contribution in [0.25, 0.3) is 6.08 Å². The number of nitro benzene ring substituents is 1. The molecule has 4 rings (SSSR count). The molecule has 3 aromatic carbocycles. The summed E-state index contributed by atoms with van der Waals surface area (Å²) in [7, 11) is 3.13. The lowest BCUT2D eigenvalue weighted by atomic mass is 10.1. The number of ether oxygens (including phenoxy) is 2. The van der Waals surface area contributed by atoms with Gasteiger partial charge in [0.1, 0.15) is 17.2 Å². The van der Waals surface area contributed by atoms with E-state index >= 15 is 0 Å². The number of nitro groups is 1. The number of amidine groups is 1. The predicted octanol–water partition coefficient (Wildman–Crippen LogP) is 4.45. The van der Waals surface area contributed by atoms with Crippen LogP contribution in [-0.2, 0) is 4.79 Å². The van der Waals surface area contributed by atoms with Gasteiger partial charge in [0, 0.05) is 12.1 Å².